The van der Waals surface area contributed by atoms with Gasteiger partial charge in [-0.3, -0.25) is 4.90 Å². The Morgan fingerprint density at radius 3 is 2.50 bits per heavy atom. The van der Waals surface area contributed by atoms with Crippen LogP contribution in [-0.4, -0.2) is 52.5 Å². The maximum absolute atomic E-state index is 12.8. The lowest BCUT2D eigenvalue weighted by Crippen LogP contribution is -2.43. The highest BCUT2D eigenvalue weighted by molar-refractivity contribution is 7.89. The van der Waals surface area contributed by atoms with Gasteiger partial charge in [-0.25, -0.2) is 13.1 Å². The molecule has 0 amide bonds. The third-order valence-corrected chi connectivity index (χ3v) is 6.25. The summed E-state index contributed by atoms with van der Waals surface area (Å²) in [5, 5.41) is 0.498. The van der Waals surface area contributed by atoms with Crippen LogP contribution in [-0.2, 0) is 14.8 Å². The van der Waals surface area contributed by atoms with Crippen LogP contribution in [0.3, 0.4) is 0 Å². The lowest BCUT2D eigenvalue weighted by atomic mass is 10.1. The lowest BCUT2D eigenvalue weighted by Gasteiger charge is -2.35. The summed E-state index contributed by atoms with van der Waals surface area (Å²) in [7, 11) is -4.28. The highest BCUT2D eigenvalue weighted by atomic mass is 35.5. The fraction of sp³-hybridized carbons (Fsp3) is 0.368. The molecule has 0 bridgehead atoms. The first-order valence-corrected chi connectivity index (χ1v) is 10.9. The van der Waals surface area contributed by atoms with Gasteiger partial charge in [0.15, 0.2) is 0 Å². The van der Waals surface area contributed by atoms with Crippen molar-refractivity contribution >= 4 is 21.6 Å². The number of alkyl halides is 3. The number of para-hydroxylation sites is 1. The van der Waals surface area contributed by atoms with E-state index in [4.69, 9.17) is 16.3 Å². The molecule has 0 saturated carbocycles. The summed E-state index contributed by atoms with van der Waals surface area (Å²) in [6.07, 6.45) is -5.01. The third-order valence-electron chi connectivity index (χ3n) is 4.55. The Morgan fingerprint density at radius 1 is 1.13 bits per heavy atom. The number of rotatable bonds is 7. The number of nitrogens with one attached hydrogen (secondary N) is 1. The molecule has 164 valence electrons. The van der Waals surface area contributed by atoms with Gasteiger partial charge in [-0.05, 0) is 29.8 Å². The molecule has 1 heterocycles. The monoisotopic (exact) mass is 464 g/mol. The van der Waals surface area contributed by atoms with Crippen LogP contribution in [0.2, 0.25) is 5.02 Å². The van der Waals surface area contributed by atoms with E-state index in [-0.39, 0.29) is 12.6 Å². The van der Waals surface area contributed by atoms with E-state index in [1.807, 2.05) is 11.0 Å². The molecular weight excluding hydrogens is 445 g/mol. The summed E-state index contributed by atoms with van der Waals surface area (Å²) in [5.41, 5.74) is 0.784. The standard InChI is InChI=1S/C19H20ClF3N2O4S/c20-15-5-3-4-14(12-15)16(25-8-10-28-11-9-25)13-24-30(26,27)18-7-2-1-6-17(18)29-19(21,22)23/h1-7,12,16,24H,8-11,13H2. The predicted octanol–water partition coefficient (Wildman–Crippen LogP) is 3.59. The maximum atomic E-state index is 12.8. The van der Waals surface area contributed by atoms with E-state index < -0.39 is 27.0 Å². The second-order valence-corrected chi connectivity index (χ2v) is 8.74. The van der Waals surface area contributed by atoms with Gasteiger partial charge in [-0.2, -0.15) is 0 Å². The molecule has 30 heavy (non-hydrogen) atoms. The molecule has 6 nitrogen and oxygen atoms in total. The highest BCUT2D eigenvalue weighted by Gasteiger charge is 2.34. The summed E-state index contributed by atoms with van der Waals surface area (Å²) >= 11 is 6.09. The smallest absolute Gasteiger partial charge is 0.404 e. The van der Waals surface area contributed by atoms with Gasteiger partial charge in [0, 0.05) is 30.7 Å². The van der Waals surface area contributed by atoms with Crippen LogP contribution in [0.15, 0.2) is 53.4 Å². The topological polar surface area (TPSA) is 67.9 Å². The summed E-state index contributed by atoms with van der Waals surface area (Å²) in [6.45, 7) is 2.07. The van der Waals surface area contributed by atoms with E-state index in [2.05, 4.69) is 9.46 Å². The van der Waals surface area contributed by atoms with E-state index in [0.717, 1.165) is 17.7 Å². The van der Waals surface area contributed by atoms with Gasteiger partial charge in [0.25, 0.3) is 0 Å². The van der Waals surface area contributed by atoms with Gasteiger partial charge >= 0.3 is 6.36 Å². The Labute approximate surface area is 177 Å². The molecule has 1 aliphatic heterocycles. The molecular formula is C19H20ClF3N2O4S. The Kier molecular flexibility index (Phi) is 7.25. The number of benzene rings is 2. The molecule has 0 aliphatic carbocycles. The van der Waals surface area contributed by atoms with Gasteiger partial charge in [0.1, 0.15) is 10.6 Å². The van der Waals surface area contributed by atoms with Crippen molar-refractivity contribution in [3.8, 4) is 5.75 Å². The van der Waals surface area contributed by atoms with Gasteiger partial charge in [-0.15, -0.1) is 13.2 Å². The van der Waals surface area contributed by atoms with Crippen LogP contribution >= 0.6 is 11.6 Å². The molecule has 1 saturated heterocycles. The lowest BCUT2D eigenvalue weighted by molar-refractivity contribution is -0.275. The first-order valence-electron chi connectivity index (χ1n) is 9.07. The van der Waals surface area contributed by atoms with Crippen molar-refractivity contribution in [3.05, 3.63) is 59.1 Å². The fourth-order valence-corrected chi connectivity index (χ4v) is 4.57. The molecule has 0 radical (unpaired) electrons. The van der Waals surface area contributed by atoms with Crippen molar-refractivity contribution in [3.63, 3.8) is 0 Å². The molecule has 1 N–H and O–H groups in total. The molecule has 1 unspecified atom stereocenters. The van der Waals surface area contributed by atoms with Crippen LogP contribution in [0.25, 0.3) is 0 Å². The average Bonchev–Trinajstić information content (AvgIpc) is 2.68. The first kappa shape index (κ1) is 22.8. The van der Waals surface area contributed by atoms with Gasteiger partial charge in [0.05, 0.1) is 13.2 Å². The van der Waals surface area contributed by atoms with Crippen molar-refractivity contribution < 1.29 is 31.1 Å². The zero-order valence-electron chi connectivity index (χ0n) is 15.7. The fourth-order valence-electron chi connectivity index (χ4n) is 3.21. The Balaban J connectivity index is 1.84. The summed E-state index contributed by atoms with van der Waals surface area (Å²) in [6, 6.07) is 11.3. The Morgan fingerprint density at radius 2 is 1.83 bits per heavy atom. The minimum atomic E-state index is -5.01. The van der Waals surface area contributed by atoms with Crippen LogP contribution in [0.4, 0.5) is 13.2 Å². The number of hydrogen-bond donors (Lipinski definition) is 1. The minimum absolute atomic E-state index is 0.0664. The molecule has 2 aromatic carbocycles. The van der Waals surface area contributed by atoms with Crippen molar-refractivity contribution in [2.24, 2.45) is 0 Å². The molecule has 0 aromatic heterocycles. The van der Waals surface area contributed by atoms with E-state index in [1.165, 1.54) is 12.1 Å². The molecule has 2 aromatic rings. The number of halogens is 4. The largest absolute Gasteiger partial charge is 0.573 e. The zero-order chi connectivity index (χ0) is 21.8. The Hall–Kier alpha value is -1.85. The molecule has 3 rings (SSSR count). The van der Waals surface area contributed by atoms with Crippen LogP contribution in [0.1, 0.15) is 11.6 Å². The normalized spacial score (nSPS) is 16.9. The molecule has 1 aliphatic rings. The second-order valence-electron chi connectivity index (χ2n) is 6.57. The summed E-state index contributed by atoms with van der Waals surface area (Å²) < 4.78 is 75.2. The number of nitrogens with zero attached hydrogens (tertiary/aromatic N) is 1. The first-order chi connectivity index (χ1) is 14.2. The zero-order valence-corrected chi connectivity index (χ0v) is 17.3. The van der Waals surface area contributed by atoms with Crippen molar-refractivity contribution in [2.45, 2.75) is 17.3 Å². The van der Waals surface area contributed by atoms with Crippen LogP contribution in [0, 0.1) is 0 Å². The summed E-state index contributed by atoms with van der Waals surface area (Å²) in [4.78, 5) is 1.45. The van der Waals surface area contributed by atoms with Gasteiger partial charge in [0.2, 0.25) is 10.0 Å². The molecule has 0 spiro atoms. The van der Waals surface area contributed by atoms with E-state index >= 15 is 0 Å². The number of hydrogen-bond acceptors (Lipinski definition) is 5. The predicted molar refractivity (Wildman–Crippen MR) is 105 cm³/mol. The molecule has 11 heteroatoms. The highest BCUT2D eigenvalue weighted by Crippen LogP contribution is 2.30. The van der Waals surface area contributed by atoms with Crippen LogP contribution in [0.5, 0.6) is 5.75 Å². The third kappa shape index (κ3) is 6.08. The summed E-state index contributed by atoms with van der Waals surface area (Å²) in [5.74, 6) is -0.789. The van der Waals surface area contributed by atoms with Crippen molar-refractivity contribution in [1.82, 2.24) is 9.62 Å². The quantitative estimate of drug-likeness (QED) is 0.678. The van der Waals surface area contributed by atoms with Crippen molar-refractivity contribution in [1.29, 1.82) is 0 Å². The number of ether oxygens (including phenoxy) is 2. The van der Waals surface area contributed by atoms with Crippen molar-refractivity contribution in [2.75, 3.05) is 32.8 Å². The Bertz CT molecular complexity index is 966. The number of sulfonamides is 1. The molecule has 1 fully saturated rings. The van der Waals surface area contributed by atoms with Gasteiger partial charge < -0.3 is 9.47 Å². The second kappa shape index (κ2) is 9.52. The van der Waals surface area contributed by atoms with E-state index in [0.29, 0.717) is 31.3 Å². The maximum Gasteiger partial charge on any atom is 0.573 e. The minimum Gasteiger partial charge on any atom is -0.404 e. The van der Waals surface area contributed by atoms with Gasteiger partial charge in [-0.1, -0.05) is 35.9 Å². The van der Waals surface area contributed by atoms with E-state index in [9.17, 15) is 21.6 Å². The SMILES string of the molecule is O=S(=O)(NCC(c1cccc(Cl)c1)N1CCOCC1)c1ccccc1OC(F)(F)F. The molecule has 1 atom stereocenters. The number of morpholine rings is 1. The van der Waals surface area contributed by atoms with Crippen LogP contribution < -0.4 is 9.46 Å². The average molecular weight is 465 g/mol. The van der Waals surface area contributed by atoms with E-state index in [1.54, 1.807) is 18.2 Å².